The first kappa shape index (κ1) is 13.6. The van der Waals surface area contributed by atoms with Crippen LogP contribution in [0.1, 0.15) is 18.4 Å². The Hall–Kier alpha value is -0.850. The predicted octanol–water partition coefficient (Wildman–Crippen LogP) is 2.53. The van der Waals surface area contributed by atoms with Crippen LogP contribution in [0, 0.1) is 0 Å². The molecule has 100 valence electrons. The maximum Gasteiger partial charge on any atom is 0.488 e. The first-order chi connectivity index (χ1) is 8.44. The van der Waals surface area contributed by atoms with Crippen LogP contribution in [0.2, 0.25) is 5.02 Å². The lowest BCUT2D eigenvalue weighted by Crippen LogP contribution is -2.18. The van der Waals surface area contributed by atoms with E-state index in [0.29, 0.717) is 11.6 Å². The Morgan fingerprint density at radius 1 is 1.33 bits per heavy atom. The van der Waals surface area contributed by atoms with Crippen molar-refractivity contribution in [3.63, 3.8) is 0 Å². The van der Waals surface area contributed by atoms with Crippen molar-refractivity contribution in [1.82, 2.24) is 4.90 Å². The third-order valence-corrected chi connectivity index (χ3v) is 3.56. The number of hydrogen-bond acceptors (Lipinski definition) is 4. The molecule has 0 amide bonds. The van der Waals surface area contributed by atoms with Gasteiger partial charge in [-0.15, -0.1) is 0 Å². The maximum atomic E-state index is 12.3. The zero-order valence-electron chi connectivity index (χ0n) is 9.60. The second-order valence-electron chi connectivity index (χ2n) is 4.21. The van der Waals surface area contributed by atoms with Crippen LogP contribution in [0.15, 0.2) is 18.2 Å². The van der Waals surface area contributed by atoms with E-state index in [9.17, 15) is 12.3 Å². The lowest BCUT2D eigenvalue weighted by atomic mass is 10.2. The quantitative estimate of drug-likeness (QED) is 0.800. The Labute approximate surface area is 111 Å². The van der Waals surface area contributed by atoms with Crippen molar-refractivity contribution in [3.8, 4) is 5.75 Å². The van der Waals surface area contributed by atoms with Crippen molar-refractivity contribution in [2.45, 2.75) is 19.4 Å². The average Bonchev–Trinajstić information content (AvgIpc) is 2.72. The molecule has 0 bridgehead atoms. The van der Waals surface area contributed by atoms with E-state index in [2.05, 4.69) is 9.08 Å². The fraction of sp³-hybridized carbons (Fsp3) is 0.455. The fourth-order valence-corrected chi connectivity index (χ4v) is 2.57. The van der Waals surface area contributed by atoms with Gasteiger partial charge in [0, 0.05) is 17.6 Å². The number of halogens is 2. The summed E-state index contributed by atoms with van der Waals surface area (Å²) in [5.41, 5.74) is 0.877. The standard InChI is InChI=1S/C11H13ClFNO3S/c12-11-7-10(17-18(13,15)16)4-3-9(11)8-14-5-1-2-6-14/h3-4,7H,1-2,5-6,8H2. The van der Waals surface area contributed by atoms with Gasteiger partial charge in [-0.3, -0.25) is 4.90 Å². The molecule has 1 fully saturated rings. The van der Waals surface area contributed by atoms with Gasteiger partial charge in [0.05, 0.1) is 0 Å². The molecule has 1 saturated heterocycles. The van der Waals surface area contributed by atoms with E-state index in [4.69, 9.17) is 11.6 Å². The van der Waals surface area contributed by atoms with Crippen LogP contribution in [-0.2, 0) is 17.0 Å². The van der Waals surface area contributed by atoms with Gasteiger partial charge < -0.3 is 4.18 Å². The summed E-state index contributed by atoms with van der Waals surface area (Å²) in [6.07, 6.45) is 2.36. The minimum absolute atomic E-state index is 0.118. The van der Waals surface area contributed by atoms with Crippen LogP contribution in [0.4, 0.5) is 3.89 Å². The van der Waals surface area contributed by atoms with Gasteiger partial charge in [0.25, 0.3) is 0 Å². The predicted molar refractivity (Wildman–Crippen MR) is 66.6 cm³/mol. The smallest absolute Gasteiger partial charge is 0.358 e. The Bertz CT molecular complexity index is 529. The molecule has 7 heteroatoms. The summed E-state index contributed by atoms with van der Waals surface area (Å²) in [6, 6.07) is 4.36. The van der Waals surface area contributed by atoms with Crippen molar-refractivity contribution in [1.29, 1.82) is 0 Å². The van der Waals surface area contributed by atoms with Crippen LogP contribution in [0.5, 0.6) is 5.75 Å². The number of nitrogens with zero attached hydrogens (tertiary/aromatic N) is 1. The number of benzene rings is 1. The molecule has 0 atom stereocenters. The molecule has 1 aliphatic rings. The molecule has 0 saturated carbocycles. The summed E-state index contributed by atoms with van der Waals surface area (Å²) in [6.45, 7) is 2.78. The van der Waals surface area contributed by atoms with Crippen molar-refractivity contribution in [2.24, 2.45) is 0 Å². The Kier molecular flexibility index (Phi) is 4.09. The molecule has 0 spiro atoms. The Morgan fingerprint density at radius 2 is 2.00 bits per heavy atom. The summed E-state index contributed by atoms with van der Waals surface area (Å²) in [7, 11) is -5.00. The zero-order valence-corrected chi connectivity index (χ0v) is 11.2. The van der Waals surface area contributed by atoms with E-state index in [0.717, 1.165) is 18.7 Å². The van der Waals surface area contributed by atoms with Crippen molar-refractivity contribution in [2.75, 3.05) is 13.1 Å². The molecule has 0 aliphatic carbocycles. The molecule has 0 radical (unpaired) electrons. The van der Waals surface area contributed by atoms with Gasteiger partial charge >= 0.3 is 10.5 Å². The third-order valence-electron chi connectivity index (χ3n) is 2.81. The SMILES string of the molecule is O=S(=O)(F)Oc1ccc(CN2CCCC2)c(Cl)c1. The molecule has 1 aliphatic heterocycles. The molecule has 0 aromatic heterocycles. The van der Waals surface area contributed by atoms with Crippen molar-refractivity contribution < 1.29 is 16.5 Å². The molecule has 4 nitrogen and oxygen atoms in total. The monoisotopic (exact) mass is 293 g/mol. The van der Waals surface area contributed by atoms with Gasteiger partial charge in [-0.2, -0.15) is 8.42 Å². The number of rotatable bonds is 4. The first-order valence-electron chi connectivity index (χ1n) is 5.59. The average molecular weight is 294 g/mol. The van der Waals surface area contributed by atoms with E-state index >= 15 is 0 Å². The second-order valence-corrected chi connectivity index (χ2v) is 5.57. The third kappa shape index (κ3) is 3.83. The van der Waals surface area contributed by atoms with E-state index in [1.165, 1.54) is 25.0 Å². The summed E-state index contributed by atoms with van der Waals surface area (Å²) < 4.78 is 37.1. The minimum atomic E-state index is -5.00. The molecule has 1 aromatic rings. The molecule has 0 N–H and O–H groups in total. The van der Waals surface area contributed by atoms with E-state index < -0.39 is 10.5 Å². The Balaban J connectivity index is 2.09. The highest BCUT2D eigenvalue weighted by atomic mass is 35.5. The summed E-state index contributed by atoms with van der Waals surface area (Å²) >= 11 is 6.01. The normalized spacial score (nSPS) is 17.0. The van der Waals surface area contributed by atoms with E-state index in [1.54, 1.807) is 6.07 Å². The largest absolute Gasteiger partial charge is 0.488 e. The number of hydrogen-bond donors (Lipinski definition) is 0. The lowest BCUT2D eigenvalue weighted by molar-refractivity contribution is 0.331. The van der Waals surface area contributed by atoms with Crippen LogP contribution in [-0.4, -0.2) is 26.4 Å². The van der Waals surface area contributed by atoms with Gasteiger partial charge in [0.15, 0.2) is 0 Å². The van der Waals surface area contributed by atoms with Crippen LogP contribution in [0.25, 0.3) is 0 Å². The second kappa shape index (κ2) is 5.42. The van der Waals surface area contributed by atoms with E-state index in [-0.39, 0.29) is 5.75 Å². The lowest BCUT2D eigenvalue weighted by Gasteiger charge is -2.15. The summed E-state index contributed by atoms with van der Waals surface area (Å²) in [4.78, 5) is 2.26. The van der Waals surface area contributed by atoms with Crippen LogP contribution >= 0.6 is 11.6 Å². The van der Waals surface area contributed by atoms with Gasteiger partial charge in [0.2, 0.25) is 0 Å². The molecule has 1 heterocycles. The van der Waals surface area contributed by atoms with Gasteiger partial charge in [-0.05, 0) is 37.6 Å². The minimum Gasteiger partial charge on any atom is -0.358 e. The fourth-order valence-electron chi connectivity index (χ4n) is 2.00. The molecule has 18 heavy (non-hydrogen) atoms. The van der Waals surface area contributed by atoms with Crippen LogP contribution in [0.3, 0.4) is 0 Å². The highest BCUT2D eigenvalue weighted by Gasteiger charge is 2.15. The van der Waals surface area contributed by atoms with Crippen molar-refractivity contribution in [3.05, 3.63) is 28.8 Å². The summed E-state index contributed by atoms with van der Waals surface area (Å²) in [5.74, 6) is -0.118. The molecule has 1 aromatic carbocycles. The topological polar surface area (TPSA) is 46.6 Å². The maximum absolute atomic E-state index is 12.3. The molecule has 2 rings (SSSR count). The zero-order chi connectivity index (χ0) is 13.2. The van der Waals surface area contributed by atoms with Crippen LogP contribution < -0.4 is 4.18 Å². The molecular formula is C11H13ClFNO3S. The molecular weight excluding hydrogens is 281 g/mol. The van der Waals surface area contributed by atoms with Gasteiger partial charge in [-0.1, -0.05) is 21.6 Å². The molecule has 0 unspecified atom stereocenters. The highest BCUT2D eigenvalue weighted by molar-refractivity contribution is 7.81. The first-order valence-corrected chi connectivity index (χ1v) is 7.27. The number of likely N-dealkylation sites (tertiary alicyclic amines) is 1. The van der Waals surface area contributed by atoms with E-state index in [1.807, 2.05) is 0 Å². The Morgan fingerprint density at radius 3 is 2.56 bits per heavy atom. The summed E-state index contributed by atoms with van der Waals surface area (Å²) in [5, 5.41) is 0.378. The van der Waals surface area contributed by atoms with Crippen molar-refractivity contribution >= 4 is 22.1 Å². The van der Waals surface area contributed by atoms with Gasteiger partial charge in [0.1, 0.15) is 5.75 Å². The highest BCUT2D eigenvalue weighted by Crippen LogP contribution is 2.25. The van der Waals surface area contributed by atoms with Gasteiger partial charge in [-0.25, -0.2) is 0 Å².